The van der Waals surface area contributed by atoms with E-state index in [0.717, 1.165) is 23.3 Å². The molecule has 3 aromatic carbocycles. The van der Waals surface area contributed by atoms with Crippen LogP contribution in [0.1, 0.15) is 64.4 Å². The second-order valence-electron chi connectivity index (χ2n) is 9.85. The van der Waals surface area contributed by atoms with Crippen molar-refractivity contribution in [2.75, 3.05) is 25.6 Å². The number of tetrazole rings is 1. The number of rotatable bonds is 14. The number of benzene rings is 3. The van der Waals surface area contributed by atoms with Gasteiger partial charge in [-0.15, -0.1) is 5.10 Å². The molecule has 0 spiro atoms. The summed E-state index contributed by atoms with van der Waals surface area (Å²) >= 11 is 6.44. The lowest BCUT2D eigenvalue weighted by atomic mass is 10.0. The van der Waals surface area contributed by atoms with Gasteiger partial charge in [-0.25, -0.2) is 4.68 Å². The van der Waals surface area contributed by atoms with Crippen LogP contribution < -0.4 is 19.5 Å². The Kier molecular flexibility index (Phi) is 10.6. The van der Waals surface area contributed by atoms with Gasteiger partial charge in [0, 0.05) is 18.1 Å². The van der Waals surface area contributed by atoms with Crippen molar-refractivity contribution in [3.8, 4) is 23.0 Å². The third kappa shape index (κ3) is 7.81. The van der Waals surface area contributed by atoms with Crippen LogP contribution in [0.15, 0.2) is 48.5 Å². The molecule has 1 aromatic heterocycles. The molecule has 0 fully saturated rings. The number of anilines is 1. The summed E-state index contributed by atoms with van der Waals surface area (Å²) in [6, 6.07) is 14.0. The number of ketones is 1. The van der Waals surface area contributed by atoms with E-state index in [0.29, 0.717) is 53.8 Å². The van der Waals surface area contributed by atoms with Crippen LogP contribution in [0.5, 0.6) is 23.0 Å². The van der Waals surface area contributed by atoms with Crippen LogP contribution in [0.25, 0.3) is 0 Å². The van der Waals surface area contributed by atoms with Crippen molar-refractivity contribution in [3.05, 3.63) is 81.6 Å². The summed E-state index contributed by atoms with van der Waals surface area (Å²) in [4.78, 5) is 24.9. The number of carbonyl (C=O) groups is 2. The number of ether oxygens (including phenoxy) is 3. The largest absolute Gasteiger partial charge is 0.507 e. The fourth-order valence-electron chi connectivity index (χ4n) is 4.41. The lowest BCUT2D eigenvalue weighted by Gasteiger charge is -2.16. The zero-order chi connectivity index (χ0) is 30.9. The molecule has 0 saturated carbocycles. The predicted molar refractivity (Wildman–Crippen MR) is 162 cm³/mol. The molecule has 4 aromatic rings. The Morgan fingerprint density at radius 3 is 2.44 bits per heavy atom. The maximum Gasteiger partial charge on any atom is 0.295 e. The third-order valence-electron chi connectivity index (χ3n) is 6.66. The van der Waals surface area contributed by atoms with Gasteiger partial charge in [-0.3, -0.25) is 9.59 Å². The number of aryl methyl sites for hydroxylation is 1. The standard InChI is InChI=1S/C31H34ClN5O6/c1-5-7-24-27(13-12-23(20(3)38)29(24)39)42-14-6-15-43-28-17-26(25(32)16-19(28)2)33-31(40)30-34-35-36-37(30)18-21-8-10-22(41-4)11-9-21/h8-13,16-17,39H,5-7,14-15,18H2,1-4H3,(H,33,40). The summed E-state index contributed by atoms with van der Waals surface area (Å²) in [7, 11) is 1.59. The van der Waals surface area contributed by atoms with Gasteiger partial charge >= 0.3 is 0 Å². The quantitative estimate of drug-likeness (QED) is 0.137. The number of amides is 1. The van der Waals surface area contributed by atoms with Crippen LogP contribution >= 0.6 is 11.6 Å². The monoisotopic (exact) mass is 607 g/mol. The minimum absolute atomic E-state index is 0.0239. The van der Waals surface area contributed by atoms with Crippen LogP contribution in [0, 0.1) is 6.92 Å². The summed E-state index contributed by atoms with van der Waals surface area (Å²) in [5, 5.41) is 25.2. The summed E-state index contributed by atoms with van der Waals surface area (Å²) in [5.41, 5.74) is 2.95. The van der Waals surface area contributed by atoms with Crippen molar-refractivity contribution in [1.82, 2.24) is 20.2 Å². The number of hydrogen-bond acceptors (Lipinski definition) is 9. The molecule has 11 nitrogen and oxygen atoms in total. The van der Waals surface area contributed by atoms with Crippen molar-refractivity contribution in [2.24, 2.45) is 0 Å². The maximum absolute atomic E-state index is 13.1. The normalized spacial score (nSPS) is 10.8. The molecule has 1 heterocycles. The Morgan fingerprint density at radius 1 is 1.05 bits per heavy atom. The molecule has 0 aliphatic heterocycles. The van der Waals surface area contributed by atoms with E-state index in [2.05, 4.69) is 20.8 Å². The Morgan fingerprint density at radius 2 is 1.77 bits per heavy atom. The first-order chi connectivity index (χ1) is 20.7. The van der Waals surface area contributed by atoms with Crippen molar-refractivity contribution in [3.63, 3.8) is 0 Å². The highest BCUT2D eigenvalue weighted by Gasteiger charge is 2.19. The molecule has 0 atom stereocenters. The lowest BCUT2D eigenvalue weighted by Crippen LogP contribution is -2.20. The highest BCUT2D eigenvalue weighted by molar-refractivity contribution is 6.34. The van der Waals surface area contributed by atoms with Crippen LogP contribution in [-0.4, -0.2) is 57.3 Å². The van der Waals surface area contributed by atoms with Crippen molar-refractivity contribution in [2.45, 2.75) is 46.6 Å². The molecule has 0 saturated heterocycles. The second-order valence-corrected chi connectivity index (χ2v) is 10.3. The van der Waals surface area contributed by atoms with Crippen molar-refractivity contribution in [1.29, 1.82) is 0 Å². The van der Waals surface area contributed by atoms with Gasteiger partial charge < -0.3 is 24.6 Å². The summed E-state index contributed by atoms with van der Waals surface area (Å²) < 4.78 is 18.5. The average molecular weight is 608 g/mol. The Labute approximate surface area is 254 Å². The molecule has 1 amide bonds. The average Bonchev–Trinajstić information content (AvgIpc) is 3.45. The van der Waals surface area contributed by atoms with E-state index in [-0.39, 0.29) is 29.5 Å². The topological polar surface area (TPSA) is 138 Å². The molecule has 4 rings (SSSR count). The number of carbonyl (C=O) groups excluding carboxylic acids is 2. The number of nitrogens with zero attached hydrogens (tertiary/aromatic N) is 4. The number of aromatic hydroxyl groups is 1. The summed E-state index contributed by atoms with van der Waals surface area (Å²) in [6.07, 6.45) is 1.93. The molecular weight excluding hydrogens is 574 g/mol. The minimum Gasteiger partial charge on any atom is -0.507 e. The van der Waals surface area contributed by atoms with Gasteiger partial charge in [-0.05, 0) is 72.2 Å². The Bertz CT molecular complexity index is 1590. The zero-order valence-corrected chi connectivity index (χ0v) is 25.3. The molecule has 2 N–H and O–H groups in total. The number of hydrogen-bond donors (Lipinski definition) is 2. The second kappa shape index (κ2) is 14.5. The number of aromatic nitrogens is 4. The van der Waals surface area contributed by atoms with Crippen molar-refractivity contribution >= 4 is 29.0 Å². The molecule has 0 bridgehead atoms. The van der Waals surface area contributed by atoms with E-state index in [1.165, 1.54) is 11.6 Å². The van der Waals surface area contributed by atoms with Crippen LogP contribution in [-0.2, 0) is 13.0 Å². The van der Waals surface area contributed by atoms with Gasteiger partial charge in [0.2, 0.25) is 5.82 Å². The Hall–Kier alpha value is -4.64. The molecule has 43 heavy (non-hydrogen) atoms. The van der Waals surface area contributed by atoms with E-state index >= 15 is 0 Å². The highest BCUT2D eigenvalue weighted by atomic mass is 35.5. The van der Waals surface area contributed by atoms with Crippen LogP contribution in [0.4, 0.5) is 5.69 Å². The smallest absolute Gasteiger partial charge is 0.295 e. The minimum atomic E-state index is -0.523. The Balaban J connectivity index is 1.36. The first kappa shape index (κ1) is 31.3. The molecular formula is C31H34ClN5O6. The fourth-order valence-corrected chi connectivity index (χ4v) is 4.68. The number of phenols is 1. The van der Waals surface area contributed by atoms with Crippen molar-refractivity contribution < 1.29 is 28.9 Å². The van der Waals surface area contributed by atoms with E-state index in [9.17, 15) is 14.7 Å². The first-order valence-corrected chi connectivity index (χ1v) is 14.2. The third-order valence-corrected chi connectivity index (χ3v) is 6.97. The van der Waals surface area contributed by atoms with E-state index in [1.54, 1.807) is 31.4 Å². The van der Waals surface area contributed by atoms with Crippen LogP contribution in [0.2, 0.25) is 5.02 Å². The summed E-state index contributed by atoms with van der Waals surface area (Å²) in [5.74, 6) is 1.10. The van der Waals surface area contributed by atoms with Gasteiger partial charge in [0.05, 0.1) is 43.1 Å². The SMILES string of the molecule is CCCc1c(OCCCOc2cc(NC(=O)c3nnnn3Cc3ccc(OC)cc3)c(Cl)cc2C)ccc(C(C)=O)c1O. The van der Waals surface area contributed by atoms with Crippen LogP contribution in [0.3, 0.4) is 0 Å². The number of nitrogens with one attached hydrogen (secondary N) is 1. The molecule has 226 valence electrons. The van der Waals surface area contributed by atoms with E-state index < -0.39 is 5.91 Å². The zero-order valence-electron chi connectivity index (χ0n) is 24.5. The number of halogens is 1. The molecule has 0 unspecified atom stereocenters. The molecule has 0 radical (unpaired) electrons. The summed E-state index contributed by atoms with van der Waals surface area (Å²) in [6.45, 7) is 6.23. The maximum atomic E-state index is 13.1. The molecule has 12 heteroatoms. The van der Waals surface area contributed by atoms with Gasteiger partial charge in [-0.2, -0.15) is 0 Å². The predicted octanol–water partition coefficient (Wildman–Crippen LogP) is 5.65. The van der Waals surface area contributed by atoms with Gasteiger partial charge in [0.15, 0.2) is 5.78 Å². The van der Waals surface area contributed by atoms with Gasteiger partial charge in [-0.1, -0.05) is 37.1 Å². The van der Waals surface area contributed by atoms with E-state index in [1.807, 2.05) is 38.1 Å². The van der Waals surface area contributed by atoms with E-state index in [4.69, 9.17) is 25.8 Å². The lowest BCUT2D eigenvalue weighted by molar-refractivity contribution is 0.100. The van der Waals surface area contributed by atoms with Gasteiger partial charge in [0.25, 0.3) is 5.91 Å². The molecule has 0 aliphatic carbocycles. The number of methoxy groups -OCH3 is 1. The number of Topliss-reactive ketones (excluding diaryl/α,β-unsaturated/α-hetero) is 1. The first-order valence-electron chi connectivity index (χ1n) is 13.8. The highest BCUT2D eigenvalue weighted by Crippen LogP contribution is 2.33. The molecule has 0 aliphatic rings. The number of phenolic OH excluding ortho intramolecular Hbond substituents is 1. The van der Waals surface area contributed by atoms with Gasteiger partial charge in [0.1, 0.15) is 23.0 Å². The fraction of sp³-hybridized carbons (Fsp3) is 0.323.